The number of aromatic nitrogens is 1. The van der Waals surface area contributed by atoms with Crippen molar-refractivity contribution in [3.8, 4) is 11.3 Å². The fourth-order valence-electron chi connectivity index (χ4n) is 1.27. The number of rotatable bonds is 1. The number of pyridine rings is 1. The maximum absolute atomic E-state index is 5.81. The van der Waals surface area contributed by atoms with E-state index in [2.05, 4.69) is 20.9 Å². The van der Waals surface area contributed by atoms with E-state index in [1.54, 1.807) is 6.07 Å². The lowest BCUT2D eigenvalue weighted by Crippen LogP contribution is -1.92. The molecule has 0 bridgehead atoms. The Morgan fingerprint density at radius 1 is 1.07 bits per heavy atom. The second-order valence-corrected chi connectivity index (χ2v) is 4.36. The van der Waals surface area contributed by atoms with Crippen LogP contribution >= 0.6 is 27.5 Å². The second-order valence-electron chi connectivity index (χ2n) is 3.07. The molecule has 0 aliphatic carbocycles. The molecular formula is C11H8BrClN2. The zero-order valence-corrected chi connectivity index (χ0v) is 10.1. The topological polar surface area (TPSA) is 38.9 Å². The van der Waals surface area contributed by atoms with Crippen molar-refractivity contribution in [3.63, 3.8) is 0 Å². The van der Waals surface area contributed by atoms with Gasteiger partial charge in [-0.1, -0.05) is 23.7 Å². The van der Waals surface area contributed by atoms with Gasteiger partial charge in [0.15, 0.2) is 0 Å². The normalized spacial score (nSPS) is 10.3. The average Bonchev–Trinajstić information content (AvgIpc) is 2.23. The van der Waals surface area contributed by atoms with Gasteiger partial charge in [-0.15, -0.1) is 0 Å². The Morgan fingerprint density at radius 3 is 2.40 bits per heavy atom. The molecule has 0 radical (unpaired) electrons. The smallest absolute Gasteiger partial charge is 0.124 e. The van der Waals surface area contributed by atoms with E-state index >= 15 is 0 Å². The number of nitrogens with zero attached hydrogens (tertiary/aromatic N) is 1. The van der Waals surface area contributed by atoms with Crippen LogP contribution in [0.3, 0.4) is 0 Å². The van der Waals surface area contributed by atoms with Crippen LogP contribution < -0.4 is 5.73 Å². The molecule has 2 aromatic rings. The zero-order valence-electron chi connectivity index (χ0n) is 7.74. The molecule has 2 nitrogen and oxygen atoms in total. The molecule has 1 heterocycles. The lowest BCUT2D eigenvalue weighted by Gasteiger charge is -2.04. The van der Waals surface area contributed by atoms with E-state index in [1.807, 2.05) is 30.3 Å². The number of hydrogen-bond donors (Lipinski definition) is 1. The Balaban J connectivity index is 2.53. The first kappa shape index (κ1) is 10.5. The van der Waals surface area contributed by atoms with Gasteiger partial charge in [0.1, 0.15) is 5.82 Å². The predicted molar refractivity (Wildman–Crippen MR) is 66.8 cm³/mol. The number of halogens is 2. The van der Waals surface area contributed by atoms with E-state index in [0.717, 1.165) is 15.7 Å². The summed E-state index contributed by atoms with van der Waals surface area (Å²) >= 11 is 9.25. The van der Waals surface area contributed by atoms with Gasteiger partial charge in [-0.2, -0.15) is 0 Å². The van der Waals surface area contributed by atoms with Crippen molar-refractivity contribution in [1.29, 1.82) is 0 Å². The minimum absolute atomic E-state index is 0.503. The summed E-state index contributed by atoms with van der Waals surface area (Å²) in [6.45, 7) is 0. The van der Waals surface area contributed by atoms with Crippen LogP contribution in [0.4, 0.5) is 5.82 Å². The summed E-state index contributed by atoms with van der Waals surface area (Å²) < 4.78 is 0.916. The summed E-state index contributed by atoms with van der Waals surface area (Å²) in [7, 11) is 0. The summed E-state index contributed by atoms with van der Waals surface area (Å²) in [5.74, 6) is 0.503. The van der Waals surface area contributed by atoms with E-state index in [4.69, 9.17) is 17.3 Å². The van der Waals surface area contributed by atoms with Gasteiger partial charge >= 0.3 is 0 Å². The number of nitrogens with two attached hydrogens (primary N) is 1. The average molecular weight is 284 g/mol. The highest BCUT2D eigenvalue weighted by Gasteiger charge is 2.04. The Bertz CT molecular complexity index is 482. The zero-order chi connectivity index (χ0) is 10.8. The van der Waals surface area contributed by atoms with Crippen molar-refractivity contribution in [3.05, 3.63) is 45.9 Å². The summed E-state index contributed by atoms with van der Waals surface area (Å²) in [5.41, 5.74) is 7.45. The molecule has 0 aliphatic heterocycles. The highest BCUT2D eigenvalue weighted by molar-refractivity contribution is 9.10. The van der Waals surface area contributed by atoms with Crippen molar-refractivity contribution in [1.82, 2.24) is 4.98 Å². The SMILES string of the molecule is Nc1ccc(Br)c(-c2ccc(Cl)cc2)n1. The highest BCUT2D eigenvalue weighted by atomic mass is 79.9. The Labute approximate surface area is 101 Å². The largest absolute Gasteiger partial charge is 0.384 e. The Morgan fingerprint density at radius 2 is 1.73 bits per heavy atom. The van der Waals surface area contributed by atoms with Crippen LogP contribution in [0.5, 0.6) is 0 Å². The van der Waals surface area contributed by atoms with Gasteiger partial charge in [-0.25, -0.2) is 4.98 Å². The van der Waals surface area contributed by atoms with Crippen LogP contribution in [0.25, 0.3) is 11.3 Å². The summed E-state index contributed by atoms with van der Waals surface area (Å²) in [4.78, 5) is 4.26. The van der Waals surface area contributed by atoms with Crippen LogP contribution in [-0.2, 0) is 0 Å². The molecule has 0 saturated carbocycles. The monoisotopic (exact) mass is 282 g/mol. The predicted octanol–water partition coefficient (Wildman–Crippen LogP) is 3.75. The molecule has 1 aromatic carbocycles. The van der Waals surface area contributed by atoms with Gasteiger partial charge in [0.05, 0.1) is 5.69 Å². The standard InChI is InChI=1S/C11H8BrClN2/c12-9-5-6-10(14)15-11(9)7-1-3-8(13)4-2-7/h1-6H,(H2,14,15). The first-order chi connectivity index (χ1) is 7.16. The number of nitrogen functional groups attached to an aromatic ring is 1. The Hall–Kier alpha value is -1.06. The first-order valence-corrected chi connectivity index (χ1v) is 5.52. The summed E-state index contributed by atoms with van der Waals surface area (Å²) in [6.07, 6.45) is 0. The van der Waals surface area contributed by atoms with Crippen molar-refractivity contribution < 1.29 is 0 Å². The molecule has 1 aromatic heterocycles. The second kappa shape index (κ2) is 4.21. The minimum atomic E-state index is 0.503. The van der Waals surface area contributed by atoms with Crippen LogP contribution in [-0.4, -0.2) is 4.98 Å². The molecule has 15 heavy (non-hydrogen) atoms. The molecule has 2 rings (SSSR count). The molecule has 76 valence electrons. The lowest BCUT2D eigenvalue weighted by atomic mass is 10.1. The fraction of sp³-hybridized carbons (Fsp3) is 0. The summed E-state index contributed by atoms with van der Waals surface area (Å²) in [6, 6.07) is 11.1. The maximum Gasteiger partial charge on any atom is 0.124 e. The maximum atomic E-state index is 5.81. The van der Waals surface area contributed by atoms with E-state index in [9.17, 15) is 0 Å². The molecule has 0 saturated heterocycles. The molecular weight excluding hydrogens is 275 g/mol. The van der Waals surface area contributed by atoms with Gasteiger partial charge in [0, 0.05) is 15.1 Å². The number of anilines is 1. The van der Waals surface area contributed by atoms with E-state index < -0.39 is 0 Å². The number of hydrogen-bond acceptors (Lipinski definition) is 2. The minimum Gasteiger partial charge on any atom is -0.384 e. The molecule has 0 atom stereocenters. The quantitative estimate of drug-likeness (QED) is 0.866. The molecule has 4 heteroatoms. The van der Waals surface area contributed by atoms with Crippen LogP contribution in [0.1, 0.15) is 0 Å². The lowest BCUT2D eigenvalue weighted by molar-refractivity contribution is 1.32. The fourth-order valence-corrected chi connectivity index (χ4v) is 1.84. The van der Waals surface area contributed by atoms with Gasteiger partial charge in [0.2, 0.25) is 0 Å². The van der Waals surface area contributed by atoms with Gasteiger partial charge in [0.25, 0.3) is 0 Å². The molecule has 0 fully saturated rings. The van der Waals surface area contributed by atoms with Gasteiger partial charge in [-0.3, -0.25) is 0 Å². The first-order valence-electron chi connectivity index (χ1n) is 4.35. The molecule has 2 N–H and O–H groups in total. The molecule has 0 unspecified atom stereocenters. The highest BCUT2D eigenvalue weighted by Crippen LogP contribution is 2.27. The van der Waals surface area contributed by atoms with Crippen LogP contribution in [0.15, 0.2) is 40.9 Å². The molecule has 0 aliphatic rings. The van der Waals surface area contributed by atoms with Crippen molar-refractivity contribution >= 4 is 33.3 Å². The van der Waals surface area contributed by atoms with E-state index in [-0.39, 0.29) is 0 Å². The third-order valence-electron chi connectivity index (χ3n) is 1.99. The third-order valence-corrected chi connectivity index (χ3v) is 2.88. The van der Waals surface area contributed by atoms with Crippen LogP contribution in [0, 0.1) is 0 Å². The van der Waals surface area contributed by atoms with Gasteiger partial charge in [-0.05, 0) is 40.2 Å². The van der Waals surface area contributed by atoms with Crippen LogP contribution in [0.2, 0.25) is 5.02 Å². The third kappa shape index (κ3) is 2.30. The van der Waals surface area contributed by atoms with Gasteiger partial charge < -0.3 is 5.73 Å². The van der Waals surface area contributed by atoms with Crippen molar-refractivity contribution in [2.75, 3.05) is 5.73 Å². The number of benzene rings is 1. The van der Waals surface area contributed by atoms with Crippen molar-refractivity contribution in [2.24, 2.45) is 0 Å². The molecule has 0 spiro atoms. The van der Waals surface area contributed by atoms with E-state index in [0.29, 0.717) is 10.8 Å². The van der Waals surface area contributed by atoms with Crippen molar-refractivity contribution in [2.45, 2.75) is 0 Å². The Kier molecular flexibility index (Phi) is 2.93. The summed E-state index contributed by atoms with van der Waals surface area (Å²) in [5, 5.41) is 0.707. The molecule has 0 amide bonds. The van der Waals surface area contributed by atoms with E-state index in [1.165, 1.54) is 0 Å².